The molecule has 332 valence electrons. The number of rotatable bonds is 14. The summed E-state index contributed by atoms with van der Waals surface area (Å²) in [5.41, 5.74) is 2.70. The molecule has 3 amide bonds. The zero-order valence-electron chi connectivity index (χ0n) is 37.7. The number of carbonyl (C=O) groups is 2. The zero-order chi connectivity index (χ0) is 44.3. The minimum Gasteiger partial charge on any atom is -0.478 e. The van der Waals surface area contributed by atoms with Crippen molar-refractivity contribution in [3.05, 3.63) is 54.2 Å². The number of ether oxygens (including phenoxy) is 3. The number of urea groups is 1. The molecular formula is C45H65FN8O6Si. The highest BCUT2D eigenvalue weighted by Crippen LogP contribution is 2.38. The first kappa shape index (κ1) is 45.9. The van der Waals surface area contributed by atoms with E-state index in [2.05, 4.69) is 65.6 Å². The van der Waals surface area contributed by atoms with E-state index in [1.807, 2.05) is 50.5 Å². The third kappa shape index (κ3) is 12.3. The van der Waals surface area contributed by atoms with Crippen LogP contribution in [0, 0.1) is 18.2 Å². The number of halogens is 1. The largest absolute Gasteiger partial charge is 0.478 e. The molecule has 2 saturated heterocycles. The lowest BCUT2D eigenvalue weighted by atomic mass is 9.78. The Morgan fingerprint density at radius 1 is 0.951 bits per heavy atom. The summed E-state index contributed by atoms with van der Waals surface area (Å²) in [7, 11) is -1.35. The average Bonchev–Trinajstić information content (AvgIpc) is 3.53. The molecule has 2 aliphatic heterocycles. The SMILES string of the molecule is Cc1c(NC(=O)N2CC(O)(CC(C)(C)C)C2)cc(F)cc1-c1ncnc2c1cc(-c1ccc(OCCCN3CCN(C(=O)OC(C)(C)C)CC3)nc1)n2COCC[Si](C)(C)C. The molecule has 3 aromatic heterocycles. The molecule has 2 N–H and O–H groups in total. The van der Waals surface area contributed by atoms with Gasteiger partial charge in [0.05, 0.1) is 31.1 Å². The number of piperazine rings is 1. The van der Waals surface area contributed by atoms with Crippen LogP contribution >= 0.6 is 0 Å². The number of benzene rings is 1. The Hall–Kier alpha value is -4.64. The molecule has 14 nitrogen and oxygen atoms in total. The van der Waals surface area contributed by atoms with Gasteiger partial charge >= 0.3 is 12.1 Å². The number of hydrogen-bond acceptors (Lipinski definition) is 10. The number of pyridine rings is 1. The Morgan fingerprint density at radius 3 is 2.31 bits per heavy atom. The van der Waals surface area contributed by atoms with Crippen LogP contribution in [0.2, 0.25) is 25.7 Å². The first-order valence-electron chi connectivity index (χ1n) is 21.4. The molecule has 0 spiro atoms. The van der Waals surface area contributed by atoms with Crippen molar-refractivity contribution >= 4 is 36.9 Å². The number of likely N-dealkylation sites (tertiary alicyclic amines) is 1. The van der Waals surface area contributed by atoms with Crippen LogP contribution in [0.25, 0.3) is 33.5 Å². The standard InChI is InChI=1S/C45H65FN8O6Si/c1-31-34(22-33(46)23-36(31)50-41(55)53-27-45(57,28-53)26-43(2,3)4)39-35-24-37(54(40(35)49-29-48-39)30-58-20-21-61(8,9)10)32-12-13-38(47-25-32)59-19-11-14-51-15-17-52(18-16-51)42(56)60-44(5,6)7/h12-13,22-25,29,57H,11,14-21,26-28,30H2,1-10H3,(H,50,55). The molecule has 0 saturated carbocycles. The van der Waals surface area contributed by atoms with Crippen LogP contribution in [-0.4, -0.2) is 130 Å². The van der Waals surface area contributed by atoms with Gasteiger partial charge in [-0.25, -0.2) is 28.9 Å². The highest BCUT2D eigenvalue weighted by Gasteiger charge is 2.46. The van der Waals surface area contributed by atoms with Crippen LogP contribution < -0.4 is 10.1 Å². The van der Waals surface area contributed by atoms with Crippen molar-refractivity contribution in [2.24, 2.45) is 5.41 Å². The summed E-state index contributed by atoms with van der Waals surface area (Å²) in [6, 6.07) is 9.13. The second-order valence-corrected chi connectivity index (χ2v) is 25.7. The number of carbonyl (C=O) groups excluding carboxylic acids is 2. The lowest BCUT2D eigenvalue weighted by Gasteiger charge is -2.48. The molecule has 4 aromatic rings. The van der Waals surface area contributed by atoms with Gasteiger partial charge in [0.1, 0.15) is 35.7 Å². The van der Waals surface area contributed by atoms with E-state index >= 15 is 4.39 Å². The fraction of sp³-hybridized carbons (Fsp3) is 0.578. The van der Waals surface area contributed by atoms with E-state index in [-0.39, 0.29) is 31.3 Å². The van der Waals surface area contributed by atoms with Crippen molar-refractivity contribution in [3.8, 4) is 28.4 Å². The van der Waals surface area contributed by atoms with Gasteiger partial charge < -0.3 is 39.0 Å². The number of β-amino-alcohol motifs (C(OH)–C–C–N with tert-alkyl or cyclic N) is 1. The van der Waals surface area contributed by atoms with Crippen molar-refractivity contribution in [2.75, 3.05) is 64.3 Å². The molecule has 5 heterocycles. The molecule has 0 radical (unpaired) electrons. The maximum atomic E-state index is 15.4. The van der Waals surface area contributed by atoms with Gasteiger partial charge in [-0.15, -0.1) is 0 Å². The number of aliphatic hydroxyl groups is 1. The van der Waals surface area contributed by atoms with Gasteiger partial charge in [-0.05, 0) is 81.8 Å². The Kier molecular flexibility index (Phi) is 13.8. The number of nitrogens with one attached hydrogen (secondary N) is 1. The van der Waals surface area contributed by atoms with Crippen molar-refractivity contribution in [3.63, 3.8) is 0 Å². The molecule has 2 aliphatic rings. The normalized spacial score (nSPS) is 16.1. The zero-order valence-corrected chi connectivity index (χ0v) is 38.7. The predicted octanol–water partition coefficient (Wildman–Crippen LogP) is 8.26. The van der Waals surface area contributed by atoms with E-state index < -0.39 is 31.1 Å². The van der Waals surface area contributed by atoms with Crippen molar-refractivity contribution in [1.29, 1.82) is 0 Å². The highest BCUT2D eigenvalue weighted by atomic mass is 28.3. The third-order valence-electron chi connectivity index (χ3n) is 10.8. The van der Waals surface area contributed by atoms with Crippen molar-refractivity contribution in [2.45, 2.75) is 105 Å². The summed E-state index contributed by atoms with van der Waals surface area (Å²) in [6.45, 7) is 26.0. The molecular weight excluding hydrogens is 796 g/mol. The third-order valence-corrected chi connectivity index (χ3v) is 12.5. The molecule has 61 heavy (non-hydrogen) atoms. The summed E-state index contributed by atoms with van der Waals surface area (Å²) < 4.78 is 35.2. The quantitative estimate of drug-likeness (QED) is 0.0939. The second-order valence-electron chi connectivity index (χ2n) is 20.0. The van der Waals surface area contributed by atoms with Gasteiger partial charge in [0.25, 0.3) is 0 Å². The van der Waals surface area contributed by atoms with Crippen LogP contribution in [0.3, 0.4) is 0 Å². The van der Waals surface area contributed by atoms with Crippen LogP contribution in [0.15, 0.2) is 42.9 Å². The summed E-state index contributed by atoms with van der Waals surface area (Å²) in [5, 5.41) is 14.5. The van der Waals surface area contributed by atoms with Crippen LogP contribution in [0.5, 0.6) is 5.88 Å². The van der Waals surface area contributed by atoms with Crippen molar-refractivity contribution in [1.82, 2.24) is 34.2 Å². The summed E-state index contributed by atoms with van der Waals surface area (Å²) in [6.07, 6.45) is 4.35. The number of amides is 3. The monoisotopic (exact) mass is 860 g/mol. The number of nitrogens with zero attached hydrogens (tertiary/aromatic N) is 7. The molecule has 0 unspecified atom stereocenters. The smallest absolute Gasteiger partial charge is 0.410 e. The maximum absolute atomic E-state index is 15.4. The maximum Gasteiger partial charge on any atom is 0.410 e. The minimum absolute atomic E-state index is 0.0897. The minimum atomic E-state index is -1.35. The van der Waals surface area contributed by atoms with E-state index in [9.17, 15) is 14.7 Å². The van der Waals surface area contributed by atoms with Gasteiger partial charge in [0, 0.05) is 81.9 Å². The Morgan fingerprint density at radius 2 is 1.67 bits per heavy atom. The summed E-state index contributed by atoms with van der Waals surface area (Å²) in [4.78, 5) is 45.4. The van der Waals surface area contributed by atoms with Crippen molar-refractivity contribution < 1.29 is 33.3 Å². The molecule has 0 aliphatic carbocycles. The van der Waals surface area contributed by atoms with Gasteiger partial charge in [-0.3, -0.25) is 4.90 Å². The van der Waals surface area contributed by atoms with Gasteiger partial charge in [0.2, 0.25) is 5.88 Å². The molecule has 6 rings (SSSR count). The summed E-state index contributed by atoms with van der Waals surface area (Å²) in [5.74, 6) is -0.0134. The first-order chi connectivity index (χ1) is 28.6. The Labute approximate surface area is 360 Å². The molecule has 0 atom stereocenters. The number of aromatic nitrogens is 4. The Balaban J connectivity index is 1.16. The van der Waals surface area contributed by atoms with Crippen LogP contribution in [0.1, 0.15) is 59.9 Å². The van der Waals surface area contributed by atoms with E-state index in [1.54, 1.807) is 11.1 Å². The first-order valence-corrected chi connectivity index (χ1v) is 25.1. The molecule has 0 bridgehead atoms. The Bertz CT molecular complexity index is 2160. The average molecular weight is 861 g/mol. The van der Waals surface area contributed by atoms with E-state index in [4.69, 9.17) is 14.2 Å². The van der Waals surface area contributed by atoms with E-state index in [0.29, 0.717) is 72.1 Å². The van der Waals surface area contributed by atoms with Gasteiger partial charge in [-0.1, -0.05) is 40.4 Å². The molecule has 1 aromatic carbocycles. The summed E-state index contributed by atoms with van der Waals surface area (Å²) >= 11 is 0. The van der Waals surface area contributed by atoms with Gasteiger partial charge in [0.15, 0.2) is 0 Å². The molecule has 2 fully saturated rings. The second kappa shape index (κ2) is 18.4. The van der Waals surface area contributed by atoms with Crippen LogP contribution in [0.4, 0.5) is 19.7 Å². The van der Waals surface area contributed by atoms with E-state index in [1.165, 1.54) is 23.4 Å². The van der Waals surface area contributed by atoms with Crippen LogP contribution in [-0.2, 0) is 16.2 Å². The number of hydrogen-bond donors (Lipinski definition) is 2. The number of fused-ring (bicyclic) bond motifs is 1. The highest BCUT2D eigenvalue weighted by molar-refractivity contribution is 6.76. The molecule has 16 heteroatoms. The van der Waals surface area contributed by atoms with E-state index in [0.717, 1.165) is 43.4 Å². The van der Waals surface area contributed by atoms with Gasteiger partial charge in [-0.2, -0.15) is 0 Å². The predicted molar refractivity (Wildman–Crippen MR) is 239 cm³/mol. The fourth-order valence-electron chi connectivity index (χ4n) is 7.90. The fourth-order valence-corrected chi connectivity index (χ4v) is 8.66. The number of anilines is 1. The lowest BCUT2D eigenvalue weighted by Crippen LogP contribution is -2.65. The topological polar surface area (TPSA) is 147 Å². The lowest BCUT2D eigenvalue weighted by molar-refractivity contribution is -0.0965.